The van der Waals surface area contributed by atoms with E-state index in [1.54, 1.807) is 11.8 Å². The lowest BCUT2D eigenvalue weighted by molar-refractivity contribution is 0.645. The molecule has 0 bridgehead atoms. The maximum atomic E-state index is 3.52. The van der Waals surface area contributed by atoms with Crippen LogP contribution in [0.2, 0.25) is 0 Å². The van der Waals surface area contributed by atoms with Crippen LogP contribution in [0.1, 0.15) is 33.1 Å². The van der Waals surface area contributed by atoms with E-state index in [9.17, 15) is 0 Å². The third-order valence-corrected chi connectivity index (χ3v) is 3.24. The third-order valence-electron chi connectivity index (χ3n) is 2.49. The monoisotopic (exact) mass is 223 g/mol. The molecule has 0 aromatic heterocycles. The Bertz CT molecular complexity index is 268. The zero-order valence-corrected chi connectivity index (χ0v) is 10.7. The summed E-state index contributed by atoms with van der Waals surface area (Å²) in [5, 5.41) is 3.52. The standard InChI is InChI=1S/C13H21NS/c1-4-5-6-11(2)14-12-7-9-13(15-3)10-8-12/h7-11,14H,4-6H2,1-3H3. The first-order valence-electron chi connectivity index (χ1n) is 5.67. The molecule has 1 aromatic rings. The van der Waals surface area contributed by atoms with Crippen LogP contribution in [-0.2, 0) is 0 Å². The SMILES string of the molecule is CCCCC(C)Nc1ccc(SC)cc1. The van der Waals surface area contributed by atoms with Gasteiger partial charge in [-0.15, -0.1) is 11.8 Å². The lowest BCUT2D eigenvalue weighted by Gasteiger charge is -2.14. The number of benzene rings is 1. The van der Waals surface area contributed by atoms with Crippen molar-refractivity contribution >= 4 is 17.4 Å². The van der Waals surface area contributed by atoms with Crippen molar-refractivity contribution in [2.24, 2.45) is 0 Å². The van der Waals surface area contributed by atoms with Gasteiger partial charge in [-0.3, -0.25) is 0 Å². The Morgan fingerprint density at radius 1 is 1.27 bits per heavy atom. The van der Waals surface area contributed by atoms with Gasteiger partial charge in [0, 0.05) is 16.6 Å². The maximum absolute atomic E-state index is 3.52. The number of unbranched alkanes of at least 4 members (excludes halogenated alkanes) is 1. The third kappa shape index (κ3) is 4.61. The largest absolute Gasteiger partial charge is 0.383 e. The van der Waals surface area contributed by atoms with Gasteiger partial charge in [0.2, 0.25) is 0 Å². The summed E-state index contributed by atoms with van der Waals surface area (Å²) in [5.74, 6) is 0. The molecule has 2 heteroatoms. The second-order valence-electron chi connectivity index (χ2n) is 3.92. The van der Waals surface area contributed by atoms with Gasteiger partial charge in [0.05, 0.1) is 0 Å². The van der Waals surface area contributed by atoms with Crippen LogP contribution in [0.15, 0.2) is 29.2 Å². The predicted octanol–water partition coefficient (Wildman–Crippen LogP) is 4.40. The van der Waals surface area contributed by atoms with Gasteiger partial charge in [-0.1, -0.05) is 19.8 Å². The predicted molar refractivity (Wildman–Crippen MR) is 70.8 cm³/mol. The minimum absolute atomic E-state index is 0.574. The first kappa shape index (κ1) is 12.4. The van der Waals surface area contributed by atoms with Crippen molar-refractivity contribution in [3.8, 4) is 0 Å². The van der Waals surface area contributed by atoms with E-state index >= 15 is 0 Å². The molecule has 0 saturated heterocycles. The molecule has 0 heterocycles. The van der Waals surface area contributed by atoms with Crippen molar-refractivity contribution in [1.29, 1.82) is 0 Å². The van der Waals surface area contributed by atoms with Crippen molar-refractivity contribution in [1.82, 2.24) is 0 Å². The number of rotatable bonds is 6. The van der Waals surface area contributed by atoms with E-state index in [0.29, 0.717) is 6.04 Å². The van der Waals surface area contributed by atoms with Gasteiger partial charge >= 0.3 is 0 Å². The van der Waals surface area contributed by atoms with E-state index < -0.39 is 0 Å². The number of hydrogen-bond acceptors (Lipinski definition) is 2. The molecule has 1 atom stereocenters. The highest BCUT2D eigenvalue weighted by Crippen LogP contribution is 2.18. The molecule has 0 amide bonds. The number of thioether (sulfide) groups is 1. The van der Waals surface area contributed by atoms with Gasteiger partial charge in [-0.05, 0) is 43.9 Å². The van der Waals surface area contributed by atoms with Crippen molar-refractivity contribution in [2.45, 2.75) is 44.0 Å². The van der Waals surface area contributed by atoms with Crippen LogP contribution in [0.4, 0.5) is 5.69 Å². The Balaban J connectivity index is 2.42. The molecule has 0 aliphatic heterocycles. The summed E-state index contributed by atoms with van der Waals surface area (Å²) in [6.07, 6.45) is 5.93. The average molecular weight is 223 g/mol. The second-order valence-corrected chi connectivity index (χ2v) is 4.80. The van der Waals surface area contributed by atoms with Crippen LogP contribution >= 0.6 is 11.8 Å². The number of hydrogen-bond donors (Lipinski definition) is 1. The van der Waals surface area contributed by atoms with Crippen molar-refractivity contribution in [3.63, 3.8) is 0 Å². The fourth-order valence-corrected chi connectivity index (χ4v) is 1.96. The van der Waals surface area contributed by atoms with Crippen LogP contribution in [-0.4, -0.2) is 12.3 Å². The molecule has 1 rings (SSSR count). The van der Waals surface area contributed by atoms with Crippen molar-refractivity contribution < 1.29 is 0 Å². The Kier molecular flexibility index (Phi) is 5.62. The van der Waals surface area contributed by atoms with Gasteiger partial charge in [-0.25, -0.2) is 0 Å². The van der Waals surface area contributed by atoms with Gasteiger partial charge in [0.25, 0.3) is 0 Å². The van der Waals surface area contributed by atoms with E-state index in [4.69, 9.17) is 0 Å². The van der Waals surface area contributed by atoms with Gasteiger partial charge in [0.15, 0.2) is 0 Å². The van der Waals surface area contributed by atoms with Crippen molar-refractivity contribution in [2.75, 3.05) is 11.6 Å². The van der Waals surface area contributed by atoms with Crippen LogP contribution in [0.3, 0.4) is 0 Å². The van der Waals surface area contributed by atoms with Crippen molar-refractivity contribution in [3.05, 3.63) is 24.3 Å². The lowest BCUT2D eigenvalue weighted by Crippen LogP contribution is -2.14. The Hall–Kier alpha value is -0.630. The van der Waals surface area contributed by atoms with Crippen LogP contribution < -0.4 is 5.32 Å². The highest BCUT2D eigenvalue weighted by molar-refractivity contribution is 7.98. The second kappa shape index (κ2) is 6.78. The fraction of sp³-hybridized carbons (Fsp3) is 0.538. The smallest absolute Gasteiger partial charge is 0.0342 e. The zero-order chi connectivity index (χ0) is 11.1. The highest BCUT2D eigenvalue weighted by Gasteiger charge is 2.00. The van der Waals surface area contributed by atoms with Gasteiger partial charge in [-0.2, -0.15) is 0 Å². The summed E-state index contributed by atoms with van der Waals surface area (Å²) < 4.78 is 0. The van der Waals surface area contributed by atoms with Crippen LogP contribution in [0.5, 0.6) is 0 Å². The average Bonchev–Trinajstić information content (AvgIpc) is 2.27. The molecule has 1 nitrogen and oxygen atoms in total. The molecular formula is C13H21NS. The topological polar surface area (TPSA) is 12.0 Å². The molecule has 0 saturated carbocycles. The molecule has 1 aromatic carbocycles. The Morgan fingerprint density at radius 3 is 2.47 bits per heavy atom. The molecule has 0 aliphatic rings. The van der Waals surface area contributed by atoms with Gasteiger partial charge in [0.1, 0.15) is 0 Å². The number of nitrogens with one attached hydrogen (secondary N) is 1. The van der Waals surface area contributed by atoms with Crippen LogP contribution in [0, 0.1) is 0 Å². The van der Waals surface area contributed by atoms with Gasteiger partial charge < -0.3 is 5.32 Å². The van der Waals surface area contributed by atoms with E-state index in [1.807, 2.05) is 0 Å². The molecule has 0 fully saturated rings. The summed E-state index contributed by atoms with van der Waals surface area (Å²) in [5.41, 5.74) is 1.23. The first-order chi connectivity index (χ1) is 7.26. The summed E-state index contributed by atoms with van der Waals surface area (Å²) in [7, 11) is 0. The molecule has 0 spiro atoms. The highest BCUT2D eigenvalue weighted by atomic mass is 32.2. The summed E-state index contributed by atoms with van der Waals surface area (Å²) in [6.45, 7) is 4.48. The summed E-state index contributed by atoms with van der Waals surface area (Å²) >= 11 is 1.78. The minimum atomic E-state index is 0.574. The minimum Gasteiger partial charge on any atom is -0.383 e. The molecule has 84 valence electrons. The Labute approximate surface area is 97.7 Å². The summed E-state index contributed by atoms with van der Waals surface area (Å²) in [6, 6.07) is 9.23. The Morgan fingerprint density at radius 2 is 1.93 bits per heavy atom. The van der Waals surface area contributed by atoms with E-state index in [2.05, 4.69) is 49.7 Å². The molecule has 1 N–H and O–H groups in total. The quantitative estimate of drug-likeness (QED) is 0.717. The normalized spacial score (nSPS) is 12.5. The van der Waals surface area contributed by atoms with Crippen LogP contribution in [0.25, 0.3) is 0 Å². The molecule has 1 unspecified atom stereocenters. The fourth-order valence-electron chi connectivity index (χ4n) is 1.55. The molecular weight excluding hydrogens is 202 g/mol. The molecule has 0 aliphatic carbocycles. The molecule has 15 heavy (non-hydrogen) atoms. The molecule has 0 radical (unpaired) electrons. The zero-order valence-electron chi connectivity index (χ0n) is 9.92. The van der Waals surface area contributed by atoms with E-state index in [0.717, 1.165) is 0 Å². The lowest BCUT2D eigenvalue weighted by atomic mass is 10.1. The number of anilines is 1. The maximum Gasteiger partial charge on any atom is 0.0342 e. The summed E-state index contributed by atoms with van der Waals surface area (Å²) in [4.78, 5) is 1.32. The first-order valence-corrected chi connectivity index (χ1v) is 6.89. The van der Waals surface area contributed by atoms with E-state index in [-0.39, 0.29) is 0 Å². The van der Waals surface area contributed by atoms with E-state index in [1.165, 1.54) is 29.8 Å².